The van der Waals surface area contributed by atoms with E-state index in [4.69, 9.17) is 9.15 Å². The molecule has 1 saturated heterocycles. The summed E-state index contributed by atoms with van der Waals surface area (Å²) in [6, 6.07) is 3.89. The fourth-order valence-electron chi connectivity index (χ4n) is 3.07. The molecular weight excluding hydrogens is 352 g/mol. The summed E-state index contributed by atoms with van der Waals surface area (Å²) in [6.07, 6.45) is 3.31. The Bertz CT molecular complexity index is 682. The number of likely N-dealkylation sites (N-methyl/N-ethyl adjacent to an activating group) is 1. The Hall–Kier alpha value is -1.77. The first-order valence-electron chi connectivity index (χ1n) is 9.10. The van der Waals surface area contributed by atoms with Gasteiger partial charge >= 0.3 is 0 Å². The Labute approximate surface area is 157 Å². The number of carbonyl (C=O) groups excluding carboxylic acids is 1. The van der Waals surface area contributed by atoms with Gasteiger partial charge in [0.1, 0.15) is 0 Å². The van der Waals surface area contributed by atoms with Crippen LogP contribution >= 0.6 is 11.3 Å². The Morgan fingerprint density at radius 2 is 2.31 bits per heavy atom. The van der Waals surface area contributed by atoms with Gasteiger partial charge in [-0.25, -0.2) is 0 Å². The summed E-state index contributed by atoms with van der Waals surface area (Å²) in [4.78, 5) is 17.5. The zero-order valence-electron chi connectivity index (χ0n) is 15.4. The number of nitrogens with zero attached hydrogens (tertiary/aromatic N) is 4. The second kappa shape index (κ2) is 9.25. The van der Waals surface area contributed by atoms with Crippen LogP contribution in [0.4, 0.5) is 0 Å². The lowest BCUT2D eigenvalue weighted by atomic mass is 10.2. The van der Waals surface area contributed by atoms with Crippen molar-refractivity contribution in [3.8, 4) is 10.8 Å². The molecule has 0 saturated carbocycles. The molecule has 1 amide bonds. The van der Waals surface area contributed by atoms with Crippen molar-refractivity contribution in [1.29, 1.82) is 0 Å². The van der Waals surface area contributed by atoms with E-state index in [1.807, 2.05) is 29.5 Å². The molecule has 0 spiro atoms. The molecule has 1 atom stereocenters. The molecule has 3 rings (SSSR count). The molecule has 0 aliphatic carbocycles. The lowest BCUT2D eigenvalue weighted by molar-refractivity contribution is -0.133. The van der Waals surface area contributed by atoms with Crippen molar-refractivity contribution in [2.24, 2.45) is 0 Å². The van der Waals surface area contributed by atoms with Gasteiger partial charge in [-0.15, -0.1) is 21.5 Å². The molecule has 1 aliphatic rings. The summed E-state index contributed by atoms with van der Waals surface area (Å²) in [5.74, 6) is 1.05. The van der Waals surface area contributed by atoms with Crippen LogP contribution in [0.1, 0.15) is 32.1 Å². The van der Waals surface area contributed by atoms with Gasteiger partial charge in [-0.2, -0.15) is 0 Å². The van der Waals surface area contributed by atoms with E-state index < -0.39 is 0 Å². The van der Waals surface area contributed by atoms with Gasteiger partial charge in [-0.3, -0.25) is 9.69 Å². The average Bonchev–Trinajstić information content (AvgIpc) is 3.36. The second-order valence-electron chi connectivity index (χ2n) is 6.63. The molecule has 0 aromatic carbocycles. The van der Waals surface area contributed by atoms with E-state index in [0.717, 1.165) is 37.3 Å². The SMILES string of the molecule is CCCN(Cc1nnc(-c2cccs2)o1)C(=O)CN(C)CC1CCCO1. The maximum atomic E-state index is 12.7. The number of amides is 1. The Morgan fingerprint density at radius 3 is 3.00 bits per heavy atom. The van der Waals surface area contributed by atoms with Gasteiger partial charge in [0.15, 0.2) is 0 Å². The van der Waals surface area contributed by atoms with E-state index in [2.05, 4.69) is 17.1 Å². The largest absolute Gasteiger partial charge is 0.418 e. The zero-order valence-corrected chi connectivity index (χ0v) is 16.2. The summed E-state index contributed by atoms with van der Waals surface area (Å²) in [5, 5.41) is 10.2. The number of ether oxygens (including phenoxy) is 1. The van der Waals surface area contributed by atoms with Crippen LogP contribution in [0, 0.1) is 0 Å². The summed E-state index contributed by atoms with van der Waals surface area (Å²) >= 11 is 1.55. The molecule has 7 nitrogen and oxygen atoms in total. The summed E-state index contributed by atoms with van der Waals surface area (Å²) in [5.41, 5.74) is 0. The van der Waals surface area contributed by atoms with Crippen LogP contribution in [0.15, 0.2) is 21.9 Å². The number of carbonyl (C=O) groups is 1. The quantitative estimate of drug-likeness (QED) is 0.668. The van der Waals surface area contributed by atoms with Crippen molar-refractivity contribution < 1.29 is 13.9 Å². The third-order valence-corrected chi connectivity index (χ3v) is 5.17. The highest BCUT2D eigenvalue weighted by atomic mass is 32.1. The van der Waals surface area contributed by atoms with Gasteiger partial charge in [0.05, 0.1) is 24.1 Å². The summed E-state index contributed by atoms with van der Waals surface area (Å²) in [6.45, 7) is 5.06. The molecule has 26 heavy (non-hydrogen) atoms. The van der Waals surface area contributed by atoms with Crippen molar-refractivity contribution in [2.75, 3.05) is 33.3 Å². The third-order valence-electron chi connectivity index (χ3n) is 4.32. The minimum atomic E-state index is 0.0724. The van der Waals surface area contributed by atoms with Gasteiger partial charge < -0.3 is 14.1 Å². The number of thiophene rings is 1. The average molecular weight is 378 g/mol. The van der Waals surface area contributed by atoms with Crippen molar-refractivity contribution in [3.05, 3.63) is 23.4 Å². The van der Waals surface area contributed by atoms with E-state index in [-0.39, 0.29) is 12.0 Å². The molecule has 0 bridgehead atoms. The van der Waals surface area contributed by atoms with Crippen LogP contribution in [0.3, 0.4) is 0 Å². The molecule has 2 aromatic rings. The molecule has 142 valence electrons. The summed E-state index contributed by atoms with van der Waals surface area (Å²) in [7, 11) is 1.96. The molecule has 1 aliphatic heterocycles. The highest BCUT2D eigenvalue weighted by Crippen LogP contribution is 2.23. The lowest BCUT2D eigenvalue weighted by Crippen LogP contribution is -2.41. The molecule has 2 aromatic heterocycles. The molecule has 0 radical (unpaired) electrons. The van der Waals surface area contributed by atoms with Crippen LogP contribution in [0.5, 0.6) is 0 Å². The predicted octanol–water partition coefficient (Wildman–Crippen LogP) is 2.65. The molecule has 0 N–H and O–H groups in total. The molecule has 3 heterocycles. The summed E-state index contributed by atoms with van der Waals surface area (Å²) < 4.78 is 11.4. The Balaban J connectivity index is 1.56. The number of rotatable bonds is 9. The van der Waals surface area contributed by atoms with Gasteiger partial charge in [-0.1, -0.05) is 13.0 Å². The maximum Gasteiger partial charge on any atom is 0.257 e. The number of aromatic nitrogens is 2. The van der Waals surface area contributed by atoms with Gasteiger partial charge in [0.25, 0.3) is 5.89 Å². The van der Waals surface area contributed by atoms with Crippen molar-refractivity contribution in [1.82, 2.24) is 20.0 Å². The highest BCUT2D eigenvalue weighted by Gasteiger charge is 2.22. The Morgan fingerprint density at radius 1 is 1.42 bits per heavy atom. The van der Waals surface area contributed by atoms with Gasteiger partial charge in [0, 0.05) is 19.7 Å². The minimum Gasteiger partial charge on any atom is -0.418 e. The number of hydrogen-bond acceptors (Lipinski definition) is 7. The first-order chi connectivity index (χ1) is 12.7. The molecular formula is C18H26N4O3S. The molecule has 1 fully saturated rings. The fourth-order valence-corrected chi connectivity index (χ4v) is 3.72. The van der Waals surface area contributed by atoms with Crippen LogP contribution in [-0.2, 0) is 16.1 Å². The highest BCUT2D eigenvalue weighted by molar-refractivity contribution is 7.13. The van der Waals surface area contributed by atoms with Crippen LogP contribution in [-0.4, -0.2) is 65.3 Å². The zero-order chi connectivity index (χ0) is 18.4. The number of hydrogen-bond donors (Lipinski definition) is 0. The second-order valence-corrected chi connectivity index (χ2v) is 7.57. The van der Waals surface area contributed by atoms with Crippen molar-refractivity contribution >= 4 is 17.2 Å². The molecule has 1 unspecified atom stereocenters. The van der Waals surface area contributed by atoms with Crippen molar-refractivity contribution in [2.45, 2.75) is 38.8 Å². The monoisotopic (exact) mass is 378 g/mol. The third kappa shape index (κ3) is 5.12. The van der Waals surface area contributed by atoms with Crippen LogP contribution in [0.25, 0.3) is 10.8 Å². The topological polar surface area (TPSA) is 71.7 Å². The van der Waals surface area contributed by atoms with E-state index in [1.54, 1.807) is 16.2 Å². The smallest absolute Gasteiger partial charge is 0.257 e. The van der Waals surface area contributed by atoms with Crippen LogP contribution in [0.2, 0.25) is 0 Å². The first kappa shape index (κ1) is 19.0. The lowest BCUT2D eigenvalue weighted by Gasteiger charge is -2.25. The van der Waals surface area contributed by atoms with Crippen molar-refractivity contribution in [3.63, 3.8) is 0 Å². The van der Waals surface area contributed by atoms with Crippen LogP contribution < -0.4 is 0 Å². The van der Waals surface area contributed by atoms with E-state index in [0.29, 0.717) is 31.4 Å². The van der Waals surface area contributed by atoms with E-state index in [9.17, 15) is 4.79 Å². The molecule has 8 heteroatoms. The minimum absolute atomic E-state index is 0.0724. The first-order valence-corrected chi connectivity index (χ1v) is 9.98. The van der Waals surface area contributed by atoms with E-state index >= 15 is 0 Å². The predicted molar refractivity (Wildman–Crippen MR) is 99.8 cm³/mol. The maximum absolute atomic E-state index is 12.7. The standard InChI is InChI=1S/C18H26N4O3S/c1-3-8-22(17(23)13-21(2)11-14-6-4-9-24-14)12-16-19-20-18(25-16)15-7-5-10-26-15/h5,7,10,14H,3-4,6,8-9,11-13H2,1-2H3. The van der Waals surface area contributed by atoms with E-state index in [1.165, 1.54) is 0 Å². The fraction of sp³-hybridized carbons (Fsp3) is 0.611. The Kier molecular flexibility index (Phi) is 6.76. The van der Waals surface area contributed by atoms with Gasteiger partial charge in [-0.05, 0) is 37.8 Å². The normalized spacial score (nSPS) is 17.1. The van der Waals surface area contributed by atoms with Gasteiger partial charge in [0.2, 0.25) is 11.8 Å².